The summed E-state index contributed by atoms with van der Waals surface area (Å²) in [6, 6.07) is 7.00. The first kappa shape index (κ1) is 19.4. The Hall–Kier alpha value is -1.90. The summed E-state index contributed by atoms with van der Waals surface area (Å²) in [5, 5.41) is 3.74. The number of piperidine rings is 1. The van der Waals surface area contributed by atoms with Gasteiger partial charge in [-0.2, -0.15) is 4.31 Å². The smallest absolute Gasteiger partial charge is 0.243 e. The lowest BCUT2D eigenvalue weighted by Gasteiger charge is -2.25. The van der Waals surface area contributed by atoms with E-state index in [9.17, 15) is 13.2 Å². The van der Waals surface area contributed by atoms with Gasteiger partial charge in [0.1, 0.15) is 6.54 Å². The number of rotatable bonds is 6. The van der Waals surface area contributed by atoms with Crippen LogP contribution in [0.4, 0.5) is 0 Å². The van der Waals surface area contributed by atoms with Crippen molar-refractivity contribution in [3.8, 4) is 0 Å². The van der Waals surface area contributed by atoms with Crippen LogP contribution in [0.3, 0.4) is 0 Å². The van der Waals surface area contributed by atoms with Crippen molar-refractivity contribution in [1.82, 2.24) is 14.2 Å². The Morgan fingerprint density at radius 1 is 1.14 bits per heavy atom. The molecule has 152 valence electrons. The Balaban J connectivity index is 1.46. The number of nitrogens with one attached hydrogen (secondary N) is 1. The minimum absolute atomic E-state index is 0.0713. The van der Waals surface area contributed by atoms with Gasteiger partial charge in [-0.15, -0.1) is 0 Å². The maximum Gasteiger partial charge on any atom is 0.243 e. The maximum atomic E-state index is 12.9. The number of aromatic nitrogens is 1. The van der Waals surface area contributed by atoms with Crippen LogP contribution in [0.2, 0.25) is 0 Å². The van der Waals surface area contributed by atoms with E-state index in [0.717, 1.165) is 49.6 Å². The van der Waals surface area contributed by atoms with E-state index in [0.29, 0.717) is 24.5 Å². The molecular formula is C20H27N3O4S. The highest BCUT2D eigenvalue weighted by Crippen LogP contribution is 2.25. The molecule has 1 atom stereocenters. The molecule has 1 unspecified atom stereocenters. The van der Waals surface area contributed by atoms with Crippen LogP contribution in [-0.4, -0.2) is 55.5 Å². The van der Waals surface area contributed by atoms with Crippen LogP contribution in [-0.2, 0) is 26.1 Å². The summed E-state index contributed by atoms with van der Waals surface area (Å²) < 4.78 is 34.7. The number of hydrogen-bond acceptors (Lipinski definition) is 4. The minimum atomic E-state index is -3.45. The molecule has 8 heteroatoms. The van der Waals surface area contributed by atoms with Gasteiger partial charge < -0.3 is 14.6 Å². The summed E-state index contributed by atoms with van der Waals surface area (Å²) in [7, 11) is -3.45. The second kappa shape index (κ2) is 8.23. The number of carbonyl (C=O) groups excluding carboxylic acids is 1. The lowest BCUT2D eigenvalue weighted by atomic mass is 10.2. The zero-order chi connectivity index (χ0) is 19.6. The number of fused-ring (bicyclic) bond motifs is 1. The summed E-state index contributed by atoms with van der Waals surface area (Å²) >= 11 is 0. The third-order valence-corrected chi connectivity index (χ3v) is 7.45. The SMILES string of the molecule is O=C(Cn1ccc2cc(S(=O)(=O)N3CCCCC3)ccc21)NCC1CCCO1. The summed E-state index contributed by atoms with van der Waals surface area (Å²) in [6.07, 6.45) is 6.90. The number of benzene rings is 1. The van der Waals surface area contributed by atoms with E-state index in [1.54, 1.807) is 22.5 Å². The monoisotopic (exact) mass is 405 g/mol. The molecule has 0 saturated carbocycles. The molecule has 2 aliphatic heterocycles. The zero-order valence-corrected chi connectivity index (χ0v) is 16.8. The lowest BCUT2D eigenvalue weighted by molar-refractivity contribution is -0.122. The Labute approximate surface area is 165 Å². The number of sulfonamides is 1. The first-order valence-corrected chi connectivity index (χ1v) is 11.5. The van der Waals surface area contributed by atoms with Crippen molar-refractivity contribution in [2.75, 3.05) is 26.2 Å². The van der Waals surface area contributed by atoms with E-state index in [4.69, 9.17) is 4.74 Å². The van der Waals surface area contributed by atoms with Crippen LogP contribution in [0.5, 0.6) is 0 Å². The summed E-state index contributed by atoms with van der Waals surface area (Å²) in [6.45, 7) is 2.69. The Morgan fingerprint density at radius 2 is 1.96 bits per heavy atom. The van der Waals surface area contributed by atoms with Crippen molar-refractivity contribution in [3.05, 3.63) is 30.5 Å². The molecule has 7 nitrogen and oxygen atoms in total. The number of amides is 1. The van der Waals surface area contributed by atoms with Gasteiger partial charge in [-0.25, -0.2) is 8.42 Å². The molecule has 1 aromatic carbocycles. The Bertz CT molecular complexity index is 942. The molecule has 2 fully saturated rings. The predicted molar refractivity (Wildman–Crippen MR) is 107 cm³/mol. The molecule has 0 spiro atoms. The fraction of sp³-hybridized carbons (Fsp3) is 0.550. The van der Waals surface area contributed by atoms with Crippen molar-refractivity contribution in [3.63, 3.8) is 0 Å². The number of ether oxygens (including phenoxy) is 1. The van der Waals surface area contributed by atoms with Gasteiger partial charge in [0.2, 0.25) is 15.9 Å². The third kappa shape index (κ3) is 4.09. The van der Waals surface area contributed by atoms with Crippen molar-refractivity contribution in [1.29, 1.82) is 0 Å². The van der Waals surface area contributed by atoms with Gasteiger partial charge in [0.25, 0.3) is 0 Å². The molecule has 0 bridgehead atoms. The molecule has 1 N–H and O–H groups in total. The highest BCUT2D eigenvalue weighted by Gasteiger charge is 2.26. The van der Waals surface area contributed by atoms with Crippen molar-refractivity contribution in [2.45, 2.75) is 49.6 Å². The average Bonchev–Trinajstić information content (AvgIpc) is 3.37. The van der Waals surface area contributed by atoms with Gasteiger partial charge in [-0.3, -0.25) is 4.79 Å². The molecule has 2 aromatic rings. The molecule has 4 rings (SSSR count). The molecular weight excluding hydrogens is 378 g/mol. The highest BCUT2D eigenvalue weighted by molar-refractivity contribution is 7.89. The van der Waals surface area contributed by atoms with E-state index >= 15 is 0 Å². The number of nitrogens with zero attached hydrogens (tertiary/aromatic N) is 2. The average molecular weight is 406 g/mol. The summed E-state index contributed by atoms with van der Waals surface area (Å²) in [5.41, 5.74) is 0.852. The third-order valence-electron chi connectivity index (χ3n) is 5.56. The standard InChI is InChI=1S/C20H27N3O4S/c24-20(21-14-17-5-4-12-27-17)15-22-11-8-16-13-18(6-7-19(16)22)28(25,26)23-9-2-1-3-10-23/h6-8,11,13,17H,1-5,9-10,12,14-15H2,(H,21,24). The fourth-order valence-corrected chi connectivity index (χ4v) is 5.53. The maximum absolute atomic E-state index is 12.9. The molecule has 2 aliphatic rings. The lowest BCUT2D eigenvalue weighted by Crippen LogP contribution is -2.35. The van der Waals surface area contributed by atoms with Gasteiger partial charge >= 0.3 is 0 Å². The van der Waals surface area contributed by atoms with E-state index in [1.165, 1.54) is 0 Å². The van der Waals surface area contributed by atoms with Gasteiger partial charge in [-0.05, 0) is 49.9 Å². The van der Waals surface area contributed by atoms with Crippen LogP contribution < -0.4 is 5.32 Å². The molecule has 2 saturated heterocycles. The van der Waals surface area contributed by atoms with E-state index in [-0.39, 0.29) is 18.6 Å². The molecule has 1 aromatic heterocycles. The topological polar surface area (TPSA) is 80.6 Å². The van der Waals surface area contributed by atoms with Crippen molar-refractivity contribution in [2.24, 2.45) is 0 Å². The first-order chi connectivity index (χ1) is 13.5. The highest BCUT2D eigenvalue weighted by atomic mass is 32.2. The molecule has 0 radical (unpaired) electrons. The normalized spacial score (nSPS) is 21.2. The van der Waals surface area contributed by atoms with Gasteiger partial charge in [0, 0.05) is 43.3 Å². The largest absolute Gasteiger partial charge is 0.376 e. The van der Waals surface area contributed by atoms with Crippen LogP contribution >= 0.6 is 0 Å². The predicted octanol–water partition coefficient (Wildman–Crippen LogP) is 2.11. The fourth-order valence-electron chi connectivity index (χ4n) is 3.97. The van der Waals surface area contributed by atoms with Crippen LogP contribution in [0.15, 0.2) is 35.4 Å². The summed E-state index contributed by atoms with van der Waals surface area (Å²) in [5.74, 6) is -0.0713. The minimum Gasteiger partial charge on any atom is -0.376 e. The molecule has 0 aliphatic carbocycles. The van der Waals surface area contributed by atoms with Crippen LogP contribution in [0, 0.1) is 0 Å². The van der Waals surface area contributed by atoms with Crippen molar-refractivity contribution < 1.29 is 17.9 Å². The van der Waals surface area contributed by atoms with Crippen LogP contribution in [0.25, 0.3) is 10.9 Å². The second-order valence-electron chi connectivity index (χ2n) is 7.57. The zero-order valence-electron chi connectivity index (χ0n) is 16.0. The van der Waals surface area contributed by atoms with Gasteiger partial charge in [0.05, 0.1) is 11.0 Å². The molecule has 1 amide bonds. The van der Waals surface area contributed by atoms with E-state index in [1.807, 2.05) is 16.8 Å². The van der Waals surface area contributed by atoms with Crippen LogP contribution in [0.1, 0.15) is 32.1 Å². The number of hydrogen-bond donors (Lipinski definition) is 1. The Morgan fingerprint density at radius 3 is 2.71 bits per heavy atom. The molecule has 28 heavy (non-hydrogen) atoms. The van der Waals surface area contributed by atoms with E-state index < -0.39 is 10.0 Å². The molecule has 3 heterocycles. The van der Waals surface area contributed by atoms with Gasteiger partial charge in [0.15, 0.2) is 0 Å². The quantitative estimate of drug-likeness (QED) is 0.798. The van der Waals surface area contributed by atoms with Crippen molar-refractivity contribution >= 4 is 26.8 Å². The van der Waals surface area contributed by atoms with E-state index in [2.05, 4.69) is 5.32 Å². The first-order valence-electron chi connectivity index (χ1n) is 10.0. The number of carbonyl (C=O) groups is 1. The Kier molecular flexibility index (Phi) is 5.70. The summed E-state index contributed by atoms with van der Waals surface area (Å²) in [4.78, 5) is 12.6. The van der Waals surface area contributed by atoms with Gasteiger partial charge in [-0.1, -0.05) is 6.42 Å². The second-order valence-corrected chi connectivity index (χ2v) is 9.51.